The quantitative estimate of drug-likeness (QED) is 0.324. The minimum Gasteiger partial charge on any atom is -0.438 e. The van der Waals surface area contributed by atoms with E-state index >= 15 is 0 Å². The number of anilines is 1. The molecular formula is C30H23N3O3. The average molecular weight is 474 g/mol. The molecule has 0 aliphatic rings. The maximum atomic E-state index is 13.4. The molecule has 1 unspecified atom stereocenters. The van der Waals surface area contributed by atoms with Crippen molar-refractivity contribution in [1.82, 2.24) is 4.57 Å². The lowest BCUT2D eigenvalue weighted by Crippen LogP contribution is -2.31. The number of furan rings is 1. The highest BCUT2D eigenvalue weighted by molar-refractivity contribution is 5.98. The molecule has 2 aromatic heterocycles. The molecule has 176 valence electrons. The smallest absolute Gasteiger partial charge is 0.252 e. The maximum absolute atomic E-state index is 13.4. The Morgan fingerprint density at radius 1 is 0.944 bits per heavy atom. The molecule has 0 spiro atoms. The predicted octanol–water partition coefficient (Wildman–Crippen LogP) is 6.31. The molecule has 0 radical (unpaired) electrons. The molecule has 0 aliphatic heterocycles. The fourth-order valence-corrected chi connectivity index (χ4v) is 4.50. The second-order valence-corrected chi connectivity index (χ2v) is 8.57. The third kappa shape index (κ3) is 3.97. The van der Waals surface area contributed by atoms with E-state index in [4.69, 9.17) is 4.42 Å². The second-order valence-electron chi connectivity index (χ2n) is 8.57. The van der Waals surface area contributed by atoms with Gasteiger partial charge in [-0.25, -0.2) is 0 Å². The summed E-state index contributed by atoms with van der Waals surface area (Å²) in [6.45, 7) is 3.53. The van der Waals surface area contributed by atoms with Crippen LogP contribution in [0.15, 0.2) is 100 Å². The van der Waals surface area contributed by atoms with Gasteiger partial charge in [0.2, 0.25) is 11.8 Å². The van der Waals surface area contributed by atoms with Crippen molar-refractivity contribution in [3.8, 4) is 28.5 Å². The Morgan fingerprint density at radius 2 is 1.56 bits per heavy atom. The van der Waals surface area contributed by atoms with Crippen LogP contribution in [0, 0.1) is 18.3 Å². The molecule has 1 atom stereocenters. The lowest BCUT2D eigenvalue weighted by Gasteiger charge is -2.18. The largest absolute Gasteiger partial charge is 0.438 e. The monoisotopic (exact) mass is 473 g/mol. The molecule has 6 nitrogen and oxygen atoms in total. The number of nitrogens with one attached hydrogen (secondary N) is 1. The molecule has 6 heteroatoms. The van der Waals surface area contributed by atoms with Gasteiger partial charge in [0.1, 0.15) is 23.4 Å². The Bertz CT molecular complexity index is 1680. The summed E-state index contributed by atoms with van der Waals surface area (Å²) in [6.07, 6.45) is 0. The number of nitrogens with zero attached hydrogens (tertiary/aromatic N) is 2. The Labute approximate surface area is 208 Å². The lowest BCUT2D eigenvalue weighted by molar-refractivity contribution is -0.118. The Morgan fingerprint density at radius 3 is 2.22 bits per heavy atom. The molecule has 5 rings (SSSR count). The van der Waals surface area contributed by atoms with Gasteiger partial charge in [-0.3, -0.25) is 19.5 Å². The SMILES string of the molecule is Cc1cc(=O)n(C(C)C(=O)Nc2oc(-c3ccccc3)c(-c3ccccc3)c2C#N)c2ccccc12. The van der Waals surface area contributed by atoms with Crippen LogP contribution in [0.2, 0.25) is 0 Å². The number of para-hydroxylation sites is 1. The van der Waals surface area contributed by atoms with Crippen molar-refractivity contribution in [3.63, 3.8) is 0 Å². The van der Waals surface area contributed by atoms with E-state index in [0.717, 1.165) is 22.1 Å². The van der Waals surface area contributed by atoms with E-state index in [1.54, 1.807) is 6.92 Å². The van der Waals surface area contributed by atoms with Crippen molar-refractivity contribution in [1.29, 1.82) is 5.26 Å². The molecule has 0 aliphatic carbocycles. The van der Waals surface area contributed by atoms with Gasteiger partial charge in [0, 0.05) is 22.6 Å². The van der Waals surface area contributed by atoms with Crippen LogP contribution in [0.1, 0.15) is 24.1 Å². The number of rotatable bonds is 5. The molecule has 0 saturated heterocycles. The summed E-state index contributed by atoms with van der Waals surface area (Å²) in [5.41, 5.74) is 3.64. The highest BCUT2D eigenvalue weighted by Gasteiger charge is 2.26. The fourth-order valence-electron chi connectivity index (χ4n) is 4.50. The number of carbonyl (C=O) groups is 1. The molecule has 36 heavy (non-hydrogen) atoms. The first kappa shape index (κ1) is 22.9. The molecule has 0 bridgehead atoms. The van der Waals surface area contributed by atoms with E-state index in [0.29, 0.717) is 16.8 Å². The number of hydrogen-bond donors (Lipinski definition) is 1. The summed E-state index contributed by atoms with van der Waals surface area (Å²) in [5, 5.41) is 13.8. The first-order valence-electron chi connectivity index (χ1n) is 11.6. The highest BCUT2D eigenvalue weighted by Crippen LogP contribution is 2.41. The third-order valence-corrected chi connectivity index (χ3v) is 6.29. The fraction of sp³-hybridized carbons (Fsp3) is 0.100. The summed E-state index contributed by atoms with van der Waals surface area (Å²) >= 11 is 0. The number of amides is 1. The zero-order valence-electron chi connectivity index (χ0n) is 19.9. The van der Waals surface area contributed by atoms with Crippen molar-refractivity contribution in [2.45, 2.75) is 19.9 Å². The van der Waals surface area contributed by atoms with Gasteiger partial charge in [-0.15, -0.1) is 0 Å². The lowest BCUT2D eigenvalue weighted by atomic mass is 9.98. The second kappa shape index (κ2) is 9.40. The van der Waals surface area contributed by atoms with Crippen LogP contribution in [-0.2, 0) is 4.79 Å². The molecule has 0 fully saturated rings. The van der Waals surface area contributed by atoms with Gasteiger partial charge >= 0.3 is 0 Å². The topological polar surface area (TPSA) is 88.0 Å². The molecule has 1 amide bonds. The van der Waals surface area contributed by atoms with E-state index in [9.17, 15) is 14.9 Å². The van der Waals surface area contributed by atoms with E-state index in [1.165, 1.54) is 10.6 Å². The van der Waals surface area contributed by atoms with E-state index < -0.39 is 11.9 Å². The molecular weight excluding hydrogens is 450 g/mol. The number of pyridine rings is 1. The number of aromatic nitrogens is 1. The third-order valence-electron chi connectivity index (χ3n) is 6.29. The normalized spacial score (nSPS) is 11.7. The van der Waals surface area contributed by atoms with Gasteiger partial charge in [-0.1, -0.05) is 78.9 Å². The summed E-state index contributed by atoms with van der Waals surface area (Å²) < 4.78 is 7.59. The first-order chi connectivity index (χ1) is 17.5. The number of benzene rings is 3. The summed E-state index contributed by atoms with van der Waals surface area (Å²) in [7, 11) is 0. The summed E-state index contributed by atoms with van der Waals surface area (Å²) in [5.74, 6) is 0.0753. The van der Waals surface area contributed by atoms with Crippen molar-refractivity contribution >= 4 is 22.7 Å². The van der Waals surface area contributed by atoms with Crippen LogP contribution in [0.25, 0.3) is 33.4 Å². The van der Waals surface area contributed by atoms with E-state index in [-0.39, 0.29) is 17.0 Å². The zero-order valence-corrected chi connectivity index (χ0v) is 19.9. The van der Waals surface area contributed by atoms with Gasteiger partial charge in [0.15, 0.2) is 0 Å². The van der Waals surface area contributed by atoms with Crippen LogP contribution in [0.4, 0.5) is 5.88 Å². The van der Waals surface area contributed by atoms with Gasteiger partial charge in [0.05, 0.1) is 5.52 Å². The van der Waals surface area contributed by atoms with Crippen molar-refractivity contribution < 1.29 is 9.21 Å². The molecule has 5 aromatic rings. The van der Waals surface area contributed by atoms with E-state index in [2.05, 4.69) is 11.4 Å². The van der Waals surface area contributed by atoms with Crippen LogP contribution >= 0.6 is 0 Å². The summed E-state index contributed by atoms with van der Waals surface area (Å²) in [6, 6.07) is 29.2. The Balaban J connectivity index is 1.60. The van der Waals surface area contributed by atoms with Crippen LogP contribution in [0.5, 0.6) is 0 Å². The molecule has 3 aromatic carbocycles. The Hall–Kier alpha value is -4.89. The minimum atomic E-state index is -0.847. The van der Waals surface area contributed by atoms with Crippen LogP contribution < -0.4 is 10.9 Å². The number of carbonyl (C=O) groups excluding carboxylic acids is 1. The van der Waals surface area contributed by atoms with E-state index in [1.807, 2.05) is 91.9 Å². The van der Waals surface area contributed by atoms with Crippen molar-refractivity contribution in [2.24, 2.45) is 0 Å². The van der Waals surface area contributed by atoms with Gasteiger partial charge in [0.25, 0.3) is 5.56 Å². The first-order valence-corrected chi connectivity index (χ1v) is 11.6. The standard InChI is InChI=1S/C30H23N3O3/c1-19-17-26(34)33(25-16-10-9-15-23(19)25)20(2)29(35)32-30-24(18-31)27(21-11-5-3-6-12-21)28(36-30)22-13-7-4-8-14-22/h3-17,20H,1-2H3,(H,32,35). The van der Waals surface area contributed by atoms with Gasteiger partial charge in [-0.05, 0) is 31.0 Å². The minimum absolute atomic E-state index is 0.0523. The molecule has 0 saturated carbocycles. The number of hydrogen-bond acceptors (Lipinski definition) is 4. The number of fused-ring (bicyclic) bond motifs is 1. The highest BCUT2D eigenvalue weighted by atomic mass is 16.4. The summed E-state index contributed by atoms with van der Waals surface area (Å²) in [4.78, 5) is 26.3. The van der Waals surface area contributed by atoms with Gasteiger partial charge < -0.3 is 4.42 Å². The average Bonchev–Trinajstić information content (AvgIpc) is 3.27. The van der Waals surface area contributed by atoms with Crippen LogP contribution in [-0.4, -0.2) is 10.5 Å². The Kier molecular flexibility index (Phi) is 5.97. The predicted molar refractivity (Wildman–Crippen MR) is 141 cm³/mol. The number of aryl methyl sites for hydroxylation is 1. The molecule has 2 heterocycles. The zero-order chi connectivity index (χ0) is 25.2. The number of nitriles is 1. The van der Waals surface area contributed by atoms with Crippen molar-refractivity contribution in [2.75, 3.05) is 5.32 Å². The molecule has 1 N–H and O–H groups in total. The van der Waals surface area contributed by atoms with Crippen LogP contribution in [0.3, 0.4) is 0 Å². The van der Waals surface area contributed by atoms with Crippen molar-refractivity contribution in [3.05, 3.63) is 112 Å². The van der Waals surface area contributed by atoms with Gasteiger partial charge in [-0.2, -0.15) is 5.26 Å². The maximum Gasteiger partial charge on any atom is 0.252 e.